The van der Waals surface area contributed by atoms with Gasteiger partial charge in [0.15, 0.2) is 0 Å². The van der Waals surface area contributed by atoms with Gasteiger partial charge in [0, 0.05) is 12.8 Å². The van der Waals surface area contributed by atoms with Crippen molar-refractivity contribution in [2.45, 2.75) is 13.1 Å². The zero-order valence-corrected chi connectivity index (χ0v) is 6.68. The van der Waals surface area contributed by atoms with Crippen molar-refractivity contribution in [1.29, 1.82) is 0 Å². The zero-order chi connectivity index (χ0) is 9.35. The first-order valence-electron chi connectivity index (χ1n) is 3.30. The number of hydrazone groups is 1. The Bertz CT molecular complexity index is 241. The van der Waals surface area contributed by atoms with Crippen LogP contribution in [0.2, 0.25) is 0 Å². The smallest absolute Gasteiger partial charge is 0.292 e. The van der Waals surface area contributed by atoms with E-state index >= 15 is 0 Å². The predicted molar refractivity (Wildman–Crippen MR) is 39.2 cm³/mol. The monoisotopic (exact) mass is 179 g/mol. The van der Waals surface area contributed by atoms with Crippen LogP contribution < -0.4 is 0 Å². The second kappa shape index (κ2) is 2.76. The number of amidine groups is 1. The molecular weight excluding hydrogens is 171 g/mol. The molecular formula is C6H8F3N3. The number of halogens is 3. The first kappa shape index (κ1) is 9.02. The quantitative estimate of drug-likeness (QED) is 0.550. The van der Waals surface area contributed by atoms with Crippen LogP contribution in [0.25, 0.3) is 0 Å². The fourth-order valence-corrected chi connectivity index (χ4v) is 0.887. The second-order valence-corrected chi connectivity index (χ2v) is 2.58. The summed E-state index contributed by atoms with van der Waals surface area (Å²) in [6.07, 6.45) is -4.45. The highest BCUT2D eigenvalue weighted by Crippen LogP contribution is 2.20. The average molecular weight is 179 g/mol. The summed E-state index contributed by atoms with van der Waals surface area (Å²) < 4.78 is 36.1. The molecule has 0 amide bonds. The maximum atomic E-state index is 12.0. The fourth-order valence-electron chi connectivity index (χ4n) is 0.887. The molecule has 68 valence electrons. The van der Waals surface area contributed by atoms with Gasteiger partial charge >= 0.3 is 6.18 Å². The molecule has 12 heavy (non-hydrogen) atoms. The number of nitrogens with zero attached hydrogens (tertiary/aromatic N) is 3. The summed E-state index contributed by atoms with van der Waals surface area (Å²) in [5.74, 6) is -1.08. The summed E-state index contributed by atoms with van der Waals surface area (Å²) in [4.78, 5) is 3.30. The van der Waals surface area contributed by atoms with Crippen molar-refractivity contribution in [3.8, 4) is 0 Å². The second-order valence-electron chi connectivity index (χ2n) is 2.58. The molecule has 0 aromatic rings. The van der Waals surface area contributed by atoms with Crippen LogP contribution in [0.5, 0.6) is 0 Å². The van der Waals surface area contributed by atoms with E-state index in [1.807, 2.05) is 0 Å². The van der Waals surface area contributed by atoms with Crippen molar-refractivity contribution in [2.24, 2.45) is 10.1 Å². The van der Waals surface area contributed by atoms with Gasteiger partial charge in [-0.1, -0.05) is 0 Å². The molecule has 0 aromatic carbocycles. The van der Waals surface area contributed by atoms with Gasteiger partial charge in [0.2, 0.25) is 0 Å². The van der Waals surface area contributed by atoms with E-state index in [0.717, 1.165) is 0 Å². The molecule has 0 saturated carbocycles. The van der Waals surface area contributed by atoms with Crippen molar-refractivity contribution < 1.29 is 13.2 Å². The van der Waals surface area contributed by atoms with Crippen LogP contribution in [0.3, 0.4) is 0 Å². The third-order valence-corrected chi connectivity index (χ3v) is 1.27. The first-order chi connectivity index (χ1) is 5.39. The minimum absolute atomic E-state index is 0.347. The zero-order valence-electron chi connectivity index (χ0n) is 6.68. The normalized spacial score (nSPS) is 18.9. The SMILES string of the molecule is CC1=NC(C(F)(F)F)=NN(C)C1. The van der Waals surface area contributed by atoms with E-state index in [2.05, 4.69) is 10.1 Å². The van der Waals surface area contributed by atoms with Crippen molar-refractivity contribution in [2.75, 3.05) is 13.6 Å². The predicted octanol–water partition coefficient (Wildman–Crippen LogP) is 1.27. The van der Waals surface area contributed by atoms with Crippen molar-refractivity contribution in [3.05, 3.63) is 0 Å². The van der Waals surface area contributed by atoms with Crippen LogP contribution >= 0.6 is 0 Å². The highest BCUT2D eigenvalue weighted by Gasteiger charge is 2.37. The van der Waals surface area contributed by atoms with Gasteiger partial charge in [-0.15, -0.1) is 0 Å². The number of alkyl halides is 3. The molecule has 0 bridgehead atoms. The van der Waals surface area contributed by atoms with Crippen molar-refractivity contribution in [1.82, 2.24) is 5.01 Å². The summed E-state index contributed by atoms with van der Waals surface area (Å²) in [6, 6.07) is 0. The van der Waals surface area contributed by atoms with Crippen LogP contribution in [0.15, 0.2) is 10.1 Å². The molecule has 0 aromatic heterocycles. The molecule has 0 fully saturated rings. The molecule has 1 aliphatic heterocycles. The molecule has 1 aliphatic rings. The molecule has 0 unspecified atom stereocenters. The minimum atomic E-state index is -4.45. The molecule has 1 rings (SSSR count). The summed E-state index contributed by atoms with van der Waals surface area (Å²) in [5.41, 5.74) is 0.417. The average Bonchev–Trinajstić information content (AvgIpc) is 1.82. The standard InChI is InChI=1S/C6H8F3N3/c1-4-3-12(2)11-5(10-4)6(7,8)9/h3H2,1-2H3. The van der Waals surface area contributed by atoms with Crippen LogP contribution in [0, 0.1) is 0 Å². The first-order valence-corrected chi connectivity index (χ1v) is 3.30. The van der Waals surface area contributed by atoms with Crippen molar-refractivity contribution in [3.63, 3.8) is 0 Å². The Balaban J connectivity index is 2.91. The van der Waals surface area contributed by atoms with Gasteiger partial charge < -0.3 is 0 Å². The Kier molecular flexibility index (Phi) is 2.08. The lowest BCUT2D eigenvalue weighted by Gasteiger charge is -2.19. The Morgan fingerprint density at radius 1 is 1.42 bits per heavy atom. The topological polar surface area (TPSA) is 28.0 Å². The van der Waals surface area contributed by atoms with Crippen LogP contribution in [0.1, 0.15) is 6.92 Å². The highest BCUT2D eigenvalue weighted by molar-refractivity contribution is 6.01. The van der Waals surface area contributed by atoms with E-state index in [1.54, 1.807) is 0 Å². The minimum Gasteiger partial charge on any atom is -0.292 e. The Morgan fingerprint density at radius 2 is 2.00 bits per heavy atom. The van der Waals surface area contributed by atoms with Crippen LogP contribution in [-0.4, -0.2) is 36.3 Å². The fraction of sp³-hybridized carbons (Fsp3) is 0.667. The van der Waals surface area contributed by atoms with E-state index in [0.29, 0.717) is 12.3 Å². The van der Waals surface area contributed by atoms with Gasteiger partial charge in [-0.05, 0) is 6.92 Å². The van der Waals surface area contributed by atoms with Gasteiger partial charge in [0.25, 0.3) is 5.84 Å². The van der Waals surface area contributed by atoms with Crippen LogP contribution in [0.4, 0.5) is 13.2 Å². The lowest BCUT2D eigenvalue weighted by molar-refractivity contribution is -0.0612. The lowest BCUT2D eigenvalue weighted by Crippen LogP contribution is -2.33. The molecule has 0 atom stereocenters. The molecule has 3 nitrogen and oxygen atoms in total. The summed E-state index contributed by atoms with van der Waals surface area (Å²) in [7, 11) is 1.48. The number of hydrogen-bond acceptors (Lipinski definition) is 3. The van der Waals surface area contributed by atoms with Gasteiger partial charge in [-0.3, -0.25) is 5.01 Å². The summed E-state index contributed by atoms with van der Waals surface area (Å²) in [5, 5.41) is 4.45. The third kappa shape index (κ3) is 1.96. The van der Waals surface area contributed by atoms with E-state index < -0.39 is 12.0 Å². The van der Waals surface area contributed by atoms with E-state index in [4.69, 9.17) is 0 Å². The molecule has 0 N–H and O–H groups in total. The molecule has 1 heterocycles. The Morgan fingerprint density at radius 3 is 2.42 bits per heavy atom. The Hall–Kier alpha value is -1.07. The summed E-state index contributed by atoms with van der Waals surface area (Å²) in [6.45, 7) is 1.89. The number of hydrogen-bond donors (Lipinski definition) is 0. The summed E-state index contributed by atoms with van der Waals surface area (Å²) >= 11 is 0. The van der Waals surface area contributed by atoms with Crippen LogP contribution in [-0.2, 0) is 0 Å². The molecule has 0 saturated heterocycles. The number of rotatable bonds is 0. The highest BCUT2D eigenvalue weighted by atomic mass is 19.4. The number of aliphatic imine (C=N–C) groups is 1. The molecule has 6 heteroatoms. The van der Waals surface area contributed by atoms with E-state index in [-0.39, 0.29) is 0 Å². The Labute approximate surface area is 67.6 Å². The van der Waals surface area contributed by atoms with Gasteiger partial charge in [-0.2, -0.15) is 18.3 Å². The van der Waals surface area contributed by atoms with Gasteiger partial charge in [-0.25, -0.2) is 4.99 Å². The molecule has 0 aliphatic carbocycles. The van der Waals surface area contributed by atoms with Gasteiger partial charge in [0.05, 0.1) is 6.54 Å². The van der Waals surface area contributed by atoms with Gasteiger partial charge in [0.1, 0.15) is 0 Å². The largest absolute Gasteiger partial charge is 0.453 e. The third-order valence-electron chi connectivity index (χ3n) is 1.27. The molecule has 0 radical (unpaired) electrons. The lowest BCUT2D eigenvalue weighted by atomic mass is 10.4. The van der Waals surface area contributed by atoms with E-state index in [9.17, 15) is 13.2 Å². The van der Waals surface area contributed by atoms with Crippen molar-refractivity contribution >= 4 is 11.5 Å². The maximum absolute atomic E-state index is 12.0. The van der Waals surface area contributed by atoms with E-state index in [1.165, 1.54) is 19.0 Å². The maximum Gasteiger partial charge on any atom is 0.453 e. The molecule has 0 spiro atoms.